The van der Waals surface area contributed by atoms with Crippen LogP contribution in [0, 0.1) is 0 Å². The number of hydrazine groups is 1. The zero-order valence-electron chi connectivity index (χ0n) is 14.4. The molecule has 25 heavy (non-hydrogen) atoms. The minimum atomic E-state index is -0.424. The van der Waals surface area contributed by atoms with Crippen molar-refractivity contribution in [2.75, 3.05) is 12.9 Å². The Morgan fingerprint density at radius 1 is 0.960 bits per heavy atom. The predicted octanol–water partition coefficient (Wildman–Crippen LogP) is 2.95. The van der Waals surface area contributed by atoms with Crippen molar-refractivity contribution in [3.05, 3.63) is 65.2 Å². The number of amides is 2. The van der Waals surface area contributed by atoms with Crippen LogP contribution in [0.2, 0.25) is 0 Å². The normalized spacial score (nSPS) is 10.2. The Labute approximate surface area is 152 Å². The second-order valence-electron chi connectivity index (χ2n) is 5.42. The Bertz CT molecular complexity index is 700. The van der Waals surface area contributed by atoms with Crippen LogP contribution < -0.4 is 15.6 Å². The van der Waals surface area contributed by atoms with Crippen LogP contribution in [-0.4, -0.2) is 24.7 Å². The van der Waals surface area contributed by atoms with Crippen LogP contribution >= 0.6 is 11.8 Å². The third-order valence-electron chi connectivity index (χ3n) is 3.54. The standard InChI is InChI=1S/C19H22N2O3S/c1-3-14-6-10-17(11-7-14)24-12-18(22)20-21-19(23)16-8-4-15(5-9-16)13-25-2/h4-11H,3,12-13H2,1-2H3,(H,20,22)(H,21,23). The first-order chi connectivity index (χ1) is 12.1. The fourth-order valence-corrected chi connectivity index (χ4v) is 2.65. The minimum Gasteiger partial charge on any atom is -0.484 e. The molecule has 0 atom stereocenters. The molecule has 132 valence electrons. The van der Waals surface area contributed by atoms with E-state index in [9.17, 15) is 9.59 Å². The summed E-state index contributed by atoms with van der Waals surface area (Å²) in [6, 6.07) is 14.8. The Morgan fingerprint density at radius 3 is 2.20 bits per heavy atom. The van der Waals surface area contributed by atoms with Gasteiger partial charge in [-0.2, -0.15) is 11.8 Å². The van der Waals surface area contributed by atoms with E-state index < -0.39 is 5.91 Å². The molecule has 2 N–H and O–H groups in total. The summed E-state index contributed by atoms with van der Waals surface area (Å²) in [6.07, 6.45) is 2.97. The second-order valence-corrected chi connectivity index (χ2v) is 6.28. The quantitative estimate of drug-likeness (QED) is 0.747. The molecular weight excluding hydrogens is 336 g/mol. The van der Waals surface area contributed by atoms with Gasteiger partial charge in [0.25, 0.3) is 11.8 Å². The number of hydrogen-bond donors (Lipinski definition) is 2. The molecule has 2 aromatic rings. The van der Waals surface area contributed by atoms with Gasteiger partial charge in [0, 0.05) is 11.3 Å². The van der Waals surface area contributed by atoms with E-state index >= 15 is 0 Å². The molecule has 0 fully saturated rings. The fourth-order valence-electron chi connectivity index (χ4n) is 2.12. The van der Waals surface area contributed by atoms with Crippen LogP contribution in [0.1, 0.15) is 28.4 Å². The second kappa shape index (κ2) is 9.74. The molecule has 2 rings (SSSR count). The molecule has 2 amide bonds. The molecule has 5 nitrogen and oxygen atoms in total. The van der Waals surface area contributed by atoms with Crippen molar-refractivity contribution >= 4 is 23.6 Å². The Kier molecular flexibility index (Phi) is 7.35. The van der Waals surface area contributed by atoms with Crippen molar-refractivity contribution < 1.29 is 14.3 Å². The number of benzene rings is 2. The van der Waals surface area contributed by atoms with Gasteiger partial charge in [-0.05, 0) is 48.1 Å². The Balaban J connectivity index is 1.75. The number of carbonyl (C=O) groups is 2. The number of carbonyl (C=O) groups excluding carboxylic acids is 2. The molecule has 2 aromatic carbocycles. The number of thioether (sulfide) groups is 1. The van der Waals surface area contributed by atoms with Crippen molar-refractivity contribution in [2.24, 2.45) is 0 Å². The van der Waals surface area contributed by atoms with Crippen LogP contribution in [0.3, 0.4) is 0 Å². The van der Waals surface area contributed by atoms with Crippen LogP contribution in [-0.2, 0) is 17.0 Å². The molecule has 0 bridgehead atoms. The van der Waals surface area contributed by atoms with Crippen LogP contribution in [0.25, 0.3) is 0 Å². The SMILES string of the molecule is CCc1ccc(OCC(=O)NNC(=O)c2ccc(CSC)cc2)cc1. The van der Waals surface area contributed by atoms with Crippen LogP contribution in [0.5, 0.6) is 5.75 Å². The van der Waals surface area contributed by atoms with E-state index in [0.717, 1.165) is 17.7 Å². The van der Waals surface area contributed by atoms with Crippen molar-refractivity contribution in [2.45, 2.75) is 19.1 Å². The number of hydrogen-bond acceptors (Lipinski definition) is 4. The molecular formula is C19H22N2O3S. The van der Waals surface area contributed by atoms with E-state index in [1.165, 1.54) is 5.56 Å². The molecule has 0 aromatic heterocycles. The lowest BCUT2D eigenvalue weighted by atomic mass is 10.1. The van der Waals surface area contributed by atoms with Gasteiger partial charge in [-0.15, -0.1) is 0 Å². The topological polar surface area (TPSA) is 67.4 Å². The largest absolute Gasteiger partial charge is 0.484 e. The lowest BCUT2D eigenvalue weighted by Crippen LogP contribution is -2.43. The zero-order chi connectivity index (χ0) is 18.1. The monoisotopic (exact) mass is 358 g/mol. The average molecular weight is 358 g/mol. The summed E-state index contributed by atoms with van der Waals surface area (Å²) < 4.78 is 5.38. The van der Waals surface area contributed by atoms with E-state index in [4.69, 9.17) is 4.74 Å². The lowest BCUT2D eigenvalue weighted by Gasteiger charge is -2.09. The maximum atomic E-state index is 12.0. The van der Waals surface area contributed by atoms with E-state index in [0.29, 0.717) is 11.3 Å². The maximum Gasteiger partial charge on any atom is 0.276 e. The van der Waals surface area contributed by atoms with Gasteiger partial charge in [0.15, 0.2) is 6.61 Å². The Morgan fingerprint density at radius 2 is 1.60 bits per heavy atom. The number of rotatable bonds is 7. The van der Waals surface area contributed by atoms with Gasteiger partial charge in [-0.25, -0.2) is 0 Å². The third-order valence-corrected chi connectivity index (χ3v) is 4.17. The third kappa shape index (κ3) is 6.15. The minimum absolute atomic E-state index is 0.168. The highest BCUT2D eigenvalue weighted by Crippen LogP contribution is 2.12. The molecule has 0 spiro atoms. The van der Waals surface area contributed by atoms with Crippen molar-refractivity contribution in [1.29, 1.82) is 0 Å². The first-order valence-electron chi connectivity index (χ1n) is 8.01. The first kappa shape index (κ1) is 18.9. The van der Waals surface area contributed by atoms with E-state index in [1.54, 1.807) is 23.9 Å². The summed E-state index contributed by atoms with van der Waals surface area (Å²) in [5.74, 6) is 0.723. The van der Waals surface area contributed by atoms with Crippen molar-refractivity contribution in [1.82, 2.24) is 10.9 Å². The summed E-state index contributed by atoms with van der Waals surface area (Å²) >= 11 is 1.72. The van der Waals surface area contributed by atoms with Gasteiger partial charge in [0.2, 0.25) is 0 Å². The lowest BCUT2D eigenvalue weighted by molar-refractivity contribution is -0.123. The molecule has 0 heterocycles. The summed E-state index contributed by atoms with van der Waals surface area (Å²) in [7, 11) is 0. The molecule has 6 heteroatoms. The summed E-state index contributed by atoms with van der Waals surface area (Å²) in [5.41, 5.74) is 7.56. The zero-order valence-corrected chi connectivity index (χ0v) is 15.2. The van der Waals surface area contributed by atoms with Gasteiger partial charge >= 0.3 is 0 Å². The molecule has 0 radical (unpaired) electrons. The van der Waals surface area contributed by atoms with Crippen LogP contribution in [0.4, 0.5) is 0 Å². The summed E-state index contributed by atoms with van der Waals surface area (Å²) in [5, 5.41) is 0. The first-order valence-corrected chi connectivity index (χ1v) is 9.40. The van der Waals surface area contributed by atoms with E-state index in [-0.39, 0.29) is 12.5 Å². The molecule has 0 saturated carbocycles. The van der Waals surface area contributed by atoms with Crippen LogP contribution in [0.15, 0.2) is 48.5 Å². The van der Waals surface area contributed by atoms with Gasteiger partial charge in [-0.3, -0.25) is 20.4 Å². The highest BCUT2D eigenvalue weighted by atomic mass is 32.2. The number of nitrogens with one attached hydrogen (secondary N) is 2. The molecule has 0 aliphatic rings. The van der Waals surface area contributed by atoms with Crippen molar-refractivity contribution in [3.8, 4) is 5.75 Å². The van der Waals surface area contributed by atoms with Gasteiger partial charge in [0.05, 0.1) is 0 Å². The van der Waals surface area contributed by atoms with E-state index in [2.05, 4.69) is 17.8 Å². The Hall–Kier alpha value is -2.47. The van der Waals surface area contributed by atoms with Gasteiger partial charge in [-0.1, -0.05) is 31.2 Å². The molecule has 0 saturated heterocycles. The summed E-state index contributed by atoms with van der Waals surface area (Å²) in [6.45, 7) is 1.90. The molecule has 0 aliphatic heterocycles. The number of ether oxygens (including phenoxy) is 1. The van der Waals surface area contributed by atoms with Crippen molar-refractivity contribution in [3.63, 3.8) is 0 Å². The van der Waals surface area contributed by atoms with E-state index in [1.807, 2.05) is 42.7 Å². The number of aryl methyl sites for hydroxylation is 1. The fraction of sp³-hybridized carbons (Fsp3) is 0.263. The highest BCUT2D eigenvalue weighted by Gasteiger charge is 2.08. The average Bonchev–Trinajstić information content (AvgIpc) is 2.65. The van der Waals surface area contributed by atoms with Gasteiger partial charge in [0.1, 0.15) is 5.75 Å². The molecule has 0 aliphatic carbocycles. The highest BCUT2D eigenvalue weighted by molar-refractivity contribution is 7.97. The van der Waals surface area contributed by atoms with Gasteiger partial charge < -0.3 is 4.74 Å². The molecule has 0 unspecified atom stereocenters. The summed E-state index contributed by atoms with van der Waals surface area (Å²) in [4.78, 5) is 23.8. The smallest absolute Gasteiger partial charge is 0.276 e. The maximum absolute atomic E-state index is 12.0. The predicted molar refractivity (Wildman–Crippen MR) is 101 cm³/mol.